The topological polar surface area (TPSA) is 48.0 Å². The summed E-state index contributed by atoms with van der Waals surface area (Å²) in [7, 11) is 0. The molecular formula is C13H14N2O. The van der Waals surface area contributed by atoms with E-state index >= 15 is 0 Å². The lowest BCUT2D eigenvalue weighted by Crippen LogP contribution is -2.23. The summed E-state index contributed by atoms with van der Waals surface area (Å²) in [6.07, 6.45) is 1.76. The van der Waals surface area contributed by atoms with Crippen LogP contribution in [0, 0.1) is 6.92 Å². The van der Waals surface area contributed by atoms with Crippen molar-refractivity contribution >= 4 is 0 Å². The molecule has 16 heavy (non-hydrogen) atoms. The molecule has 0 saturated carbocycles. The third kappa shape index (κ3) is 1.90. The molecule has 1 heterocycles. The van der Waals surface area contributed by atoms with E-state index in [1.54, 1.807) is 16.8 Å². The Bertz CT molecular complexity index is 558. The summed E-state index contributed by atoms with van der Waals surface area (Å²) in [5, 5.41) is 0. The first-order chi connectivity index (χ1) is 7.72. The highest BCUT2D eigenvalue weighted by Gasteiger charge is 2.02. The summed E-state index contributed by atoms with van der Waals surface area (Å²) < 4.78 is 1.62. The molecule has 0 aliphatic heterocycles. The van der Waals surface area contributed by atoms with Crippen LogP contribution in [0.1, 0.15) is 11.1 Å². The molecule has 3 nitrogen and oxygen atoms in total. The smallest absolute Gasteiger partial charge is 0.259 e. The van der Waals surface area contributed by atoms with Crippen molar-refractivity contribution in [2.24, 2.45) is 5.73 Å². The number of aromatic nitrogens is 1. The molecule has 0 aliphatic rings. The minimum absolute atomic E-state index is 0.0457. The first kappa shape index (κ1) is 10.6. The van der Waals surface area contributed by atoms with Gasteiger partial charge in [-0.25, -0.2) is 0 Å². The van der Waals surface area contributed by atoms with Gasteiger partial charge >= 0.3 is 0 Å². The molecule has 0 radical (unpaired) electrons. The quantitative estimate of drug-likeness (QED) is 0.825. The second-order valence-corrected chi connectivity index (χ2v) is 3.75. The molecular weight excluding hydrogens is 200 g/mol. The Labute approximate surface area is 94.1 Å². The number of hydrogen-bond donors (Lipinski definition) is 1. The highest BCUT2D eigenvalue weighted by atomic mass is 16.1. The van der Waals surface area contributed by atoms with Crippen LogP contribution in [0.3, 0.4) is 0 Å². The highest BCUT2D eigenvalue weighted by Crippen LogP contribution is 2.07. The number of pyridine rings is 1. The zero-order valence-corrected chi connectivity index (χ0v) is 9.18. The van der Waals surface area contributed by atoms with E-state index in [1.165, 1.54) is 0 Å². The molecule has 0 unspecified atom stereocenters. The molecule has 2 rings (SSSR count). The second kappa shape index (κ2) is 4.33. The zero-order chi connectivity index (χ0) is 11.5. The Morgan fingerprint density at radius 1 is 1.25 bits per heavy atom. The average molecular weight is 214 g/mol. The second-order valence-electron chi connectivity index (χ2n) is 3.75. The molecule has 2 aromatic rings. The highest BCUT2D eigenvalue weighted by molar-refractivity contribution is 5.36. The SMILES string of the molecule is Cc1cccc(-n2cccc(CN)c2=O)c1. The van der Waals surface area contributed by atoms with Crippen molar-refractivity contribution in [2.75, 3.05) is 0 Å². The van der Waals surface area contributed by atoms with E-state index in [2.05, 4.69) is 0 Å². The van der Waals surface area contributed by atoms with Gasteiger partial charge in [0.25, 0.3) is 5.56 Å². The molecule has 2 N–H and O–H groups in total. The van der Waals surface area contributed by atoms with Crippen LogP contribution in [0.2, 0.25) is 0 Å². The van der Waals surface area contributed by atoms with Gasteiger partial charge in [0.15, 0.2) is 0 Å². The molecule has 1 aromatic heterocycles. The summed E-state index contributed by atoms with van der Waals surface area (Å²) >= 11 is 0. The Hall–Kier alpha value is -1.87. The van der Waals surface area contributed by atoms with Gasteiger partial charge < -0.3 is 5.73 Å². The number of nitrogens with two attached hydrogens (primary N) is 1. The summed E-state index contributed by atoms with van der Waals surface area (Å²) in [4.78, 5) is 12.0. The van der Waals surface area contributed by atoms with Crippen molar-refractivity contribution < 1.29 is 0 Å². The summed E-state index contributed by atoms with van der Waals surface area (Å²) in [6, 6.07) is 11.4. The van der Waals surface area contributed by atoms with Crippen LogP contribution < -0.4 is 11.3 Å². The Morgan fingerprint density at radius 2 is 2.06 bits per heavy atom. The maximum Gasteiger partial charge on any atom is 0.259 e. The first-order valence-electron chi connectivity index (χ1n) is 5.20. The van der Waals surface area contributed by atoms with E-state index in [4.69, 9.17) is 5.73 Å². The van der Waals surface area contributed by atoms with Gasteiger partial charge in [-0.15, -0.1) is 0 Å². The van der Waals surface area contributed by atoms with Gasteiger partial charge in [-0.3, -0.25) is 9.36 Å². The fourth-order valence-corrected chi connectivity index (χ4v) is 1.68. The molecule has 3 heteroatoms. The fraction of sp³-hybridized carbons (Fsp3) is 0.154. The van der Waals surface area contributed by atoms with Gasteiger partial charge in [0.05, 0.1) is 0 Å². The van der Waals surface area contributed by atoms with E-state index in [-0.39, 0.29) is 12.1 Å². The third-order valence-corrected chi connectivity index (χ3v) is 2.53. The molecule has 1 aromatic carbocycles. The molecule has 0 aliphatic carbocycles. The van der Waals surface area contributed by atoms with E-state index in [1.807, 2.05) is 37.3 Å². The number of aryl methyl sites for hydroxylation is 1. The third-order valence-electron chi connectivity index (χ3n) is 2.53. The summed E-state index contributed by atoms with van der Waals surface area (Å²) in [5.41, 5.74) is 8.10. The predicted molar refractivity (Wildman–Crippen MR) is 64.7 cm³/mol. The lowest BCUT2D eigenvalue weighted by atomic mass is 10.2. The van der Waals surface area contributed by atoms with Crippen LogP contribution in [0.4, 0.5) is 0 Å². The van der Waals surface area contributed by atoms with E-state index < -0.39 is 0 Å². The minimum Gasteiger partial charge on any atom is -0.326 e. The van der Waals surface area contributed by atoms with Crippen molar-refractivity contribution in [2.45, 2.75) is 13.5 Å². The lowest BCUT2D eigenvalue weighted by molar-refractivity contribution is 0.924. The van der Waals surface area contributed by atoms with Gasteiger partial charge in [-0.05, 0) is 30.7 Å². The largest absolute Gasteiger partial charge is 0.326 e. The average Bonchev–Trinajstić information content (AvgIpc) is 2.29. The molecule has 0 spiro atoms. The van der Waals surface area contributed by atoms with Crippen LogP contribution in [0.25, 0.3) is 5.69 Å². The fourth-order valence-electron chi connectivity index (χ4n) is 1.68. The van der Waals surface area contributed by atoms with Crippen LogP contribution in [-0.4, -0.2) is 4.57 Å². The molecule has 0 bridgehead atoms. The summed E-state index contributed by atoms with van der Waals surface area (Å²) in [6.45, 7) is 2.27. The standard InChI is InChI=1S/C13H14N2O/c1-10-4-2-6-12(8-10)15-7-3-5-11(9-14)13(15)16/h2-8H,9,14H2,1H3. The number of benzene rings is 1. The predicted octanol–water partition coefficient (Wildman–Crippen LogP) is 1.60. The van der Waals surface area contributed by atoms with Crippen molar-refractivity contribution in [1.29, 1.82) is 0 Å². The first-order valence-corrected chi connectivity index (χ1v) is 5.20. The number of nitrogens with zero attached hydrogens (tertiary/aromatic N) is 1. The van der Waals surface area contributed by atoms with Gasteiger partial charge in [0.1, 0.15) is 0 Å². The van der Waals surface area contributed by atoms with Gasteiger partial charge in [-0.2, -0.15) is 0 Å². The molecule has 0 saturated heterocycles. The van der Waals surface area contributed by atoms with E-state index in [0.29, 0.717) is 5.56 Å². The van der Waals surface area contributed by atoms with Crippen LogP contribution in [-0.2, 0) is 6.54 Å². The molecule has 82 valence electrons. The van der Waals surface area contributed by atoms with Crippen molar-refractivity contribution in [3.63, 3.8) is 0 Å². The Kier molecular flexibility index (Phi) is 2.88. The Balaban J connectivity index is 2.61. The molecule has 0 fully saturated rings. The summed E-state index contributed by atoms with van der Waals surface area (Å²) in [5.74, 6) is 0. The molecule has 0 atom stereocenters. The van der Waals surface area contributed by atoms with Crippen molar-refractivity contribution in [3.8, 4) is 5.69 Å². The van der Waals surface area contributed by atoms with Crippen LogP contribution in [0.15, 0.2) is 47.4 Å². The van der Waals surface area contributed by atoms with Gasteiger partial charge in [-0.1, -0.05) is 18.2 Å². The molecule has 0 amide bonds. The monoisotopic (exact) mass is 214 g/mol. The zero-order valence-electron chi connectivity index (χ0n) is 9.18. The van der Waals surface area contributed by atoms with Crippen molar-refractivity contribution in [1.82, 2.24) is 4.57 Å². The van der Waals surface area contributed by atoms with Crippen LogP contribution >= 0.6 is 0 Å². The normalized spacial score (nSPS) is 10.4. The van der Waals surface area contributed by atoms with E-state index in [9.17, 15) is 4.79 Å². The van der Waals surface area contributed by atoms with E-state index in [0.717, 1.165) is 11.3 Å². The Morgan fingerprint density at radius 3 is 2.75 bits per heavy atom. The van der Waals surface area contributed by atoms with Gasteiger partial charge in [0, 0.05) is 24.0 Å². The number of hydrogen-bond acceptors (Lipinski definition) is 2. The minimum atomic E-state index is -0.0457. The number of rotatable bonds is 2. The van der Waals surface area contributed by atoms with Crippen LogP contribution in [0.5, 0.6) is 0 Å². The van der Waals surface area contributed by atoms with Crippen molar-refractivity contribution in [3.05, 3.63) is 64.1 Å². The lowest BCUT2D eigenvalue weighted by Gasteiger charge is -2.07. The maximum absolute atomic E-state index is 12.0. The van der Waals surface area contributed by atoms with Gasteiger partial charge in [0.2, 0.25) is 0 Å². The maximum atomic E-state index is 12.0.